The summed E-state index contributed by atoms with van der Waals surface area (Å²) in [4.78, 5) is 4.35. The molecule has 2 aromatic rings. The first-order valence-electron chi connectivity index (χ1n) is 6.95. The summed E-state index contributed by atoms with van der Waals surface area (Å²) in [5.74, 6) is 0.691. The van der Waals surface area contributed by atoms with Crippen molar-refractivity contribution in [2.45, 2.75) is 32.2 Å². The van der Waals surface area contributed by atoms with Gasteiger partial charge in [-0.1, -0.05) is 29.8 Å². The second kappa shape index (κ2) is 4.49. The van der Waals surface area contributed by atoms with Crippen LogP contribution in [0.5, 0.6) is 0 Å². The van der Waals surface area contributed by atoms with Crippen LogP contribution in [0.2, 0.25) is 0 Å². The summed E-state index contributed by atoms with van der Waals surface area (Å²) in [6, 6.07) is 8.60. The summed E-state index contributed by atoms with van der Waals surface area (Å²) < 4.78 is 2.27. The van der Waals surface area contributed by atoms with Gasteiger partial charge in [-0.15, -0.1) is 0 Å². The van der Waals surface area contributed by atoms with Crippen molar-refractivity contribution in [1.82, 2.24) is 9.55 Å². The molecular formula is C16H21N3. The number of aromatic nitrogens is 2. The van der Waals surface area contributed by atoms with E-state index in [1.165, 1.54) is 29.7 Å². The number of hydrogen-bond acceptors (Lipinski definition) is 2. The van der Waals surface area contributed by atoms with E-state index in [2.05, 4.69) is 47.7 Å². The molecule has 19 heavy (non-hydrogen) atoms. The smallest absolute Gasteiger partial charge is 0.0956 e. The Morgan fingerprint density at radius 3 is 2.58 bits per heavy atom. The minimum atomic E-state index is -0.00325. The van der Waals surface area contributed by atoms with Crippen molar-refractivity contribution in [3.8, 4) is 11.3 Å². The van der Waals surface area contributed by atoms with Gasteiger partial charge in [0.25, 0.3) is 0 Å². The third-order valence-corrected chi connectivity index (χ3v) is 4.41. The fraction of sp³-hybridized carbons (Fsp3) is 0.438. The predicted octanol–water partition coefficient (Wildman–Crippen LogP) is 2.94. The van der Waals surface area contributed by atoms with Crippen molar-refractivity contribution in [1.29, 1.82) is 0 Å². The summed E-state index contributed by atoms with van der Waals surface area (Å²) in [6.45, 7) is 5.02. The van der Waals surface area contributed by atoms with Crippen LogP contribution in [0.3, 0.4) is 0 Å². The molecule has 1 fully saturated rings. The van der Waals surface area contributed by atoms with Gasteiger partial charge in [-0.2, -0.15) is 0 Å². The number of rotatable bonds is 4. The largest absolute Gasteiger partial charge is 0.328 e. The van der Waals surface area contributed by atoms with E-state index < -0.39 is 0 Å². The van der Waals surface area contributed by atoms with Gasteiger partial charge < -0.3 is 10.3 Å². The Morgan fingerprint density at radius 2 is 2.00 bits per heavy atom. The first-order valence-corrected chi connectivity index (χ1v) is 6.95. The molecule has 1 aliphatic carbocycles. The molecule has 0 bridgehead atoms. The average molecular weight is 255 g/mol. The first kappa shape index (κ1) is 12.4. The van der Waals surface area contributed by atoms with Gasteiger partial charge in [0.15, 0.2) is 0 Å². The highest BCUT2D eigenvalue weighted by atomic mass is 15.1. The van der Waals surface area contributed by atoms with E-state index in [0.29, 0.717) is 12.5 Å². The average Bonchev–Trinajstić information content (AvgIpc) is 3.17. The van der Waals surface area contributed by atoms with Gasteiger partial charge in [-0.3, -0.25) is 0 Å². The Bertz CT molecular complexity index is 566. The van der Waals surface area contributed by atoms with Crippen LogP contribution in [0.1, 0.15) is 25.3 Å². The Morgan fingerprint density at radius 1 is 1.32 bits per heavy atom. The third-order valence-electron chi connectivity index (χ3n) is 4.41. The molecule has 3 heteroatoms. The number of benzene rings is 1. The fourth-order valence-electron chi connectivity index (χ4n) is 2.81. The zero-order chi connectivity index (χ0) is 13.5. The zero-order valence-electron chi connectivity index (χ0n) is 11.6. The normalized spacial score (nSPS) is 18.3. The quantitative estimate of drug-likeness (QED) is 0.913. The minimum absolute atomic E-state index is 0.00325. The highest BCUT2D eigenvalue weighted by Gasteiger charge is 2.42. The molecule has 1 heterocycles. The standard InChI is InChI=1S/C16H21N3/c1-12-3-5-13(6-4-12)15-9-18-11-19(15)16(2,10-17)14-7-8-14/h3-6,9,11,14H,7-8,10,17H2,1-2H3. The maximum Gasteiger partial charge on any atom is 0.0956 e. The van der Waals surface area contributed by atoms with E-state index in [1.54, 1.807) is 0 Å². The first-order chi connectivity index (χ1) is 9.15. The SMILES string of the molecule is Cc1ccc(-c2cncn2C(C)(CN)C2CC2)cc1. The molecule has 3 rings (SSSR count). The maximum absolute atomic E-state index is 6.06. The summed E-state index contributed by atoms with van der Waals surface area (Å²) in [7, 11) is 0. The van der Waals surface area contributed by atoms with Crippen LogP contribution in [-0.2, 0) is 5.54 Å². The second-order valence-electron chi connectivity index (χ2n) is 5.85. The van der Waals surface area contributed by atoms with Crippen molar-refractivity contribution < 1.29 is 0 Å². The number of imidazole rings is 1. The van der Waals surface area contributed by atoms with Crippen LogP contribution in [0.15, 0.2) is 36.8 Å². The molecule has 1 saturated carbocycles. The van der Waals surface area contributed by atoms with Crippen LogP contribution in [-0.4, -0.2) is 16.1 Å². The van der Waals surface area contributed by atoms with Gasteiger partial charge in [-0.05, 0) is 38.2 Å². The lowest BCUT2D eigenvalue weighted by Crippen LogP contribution is -2.40. The summed E-state index contributed by atoms with van der Waals surface area (Å²) in [5.41, 5.74) is 9.71. The monoisotopic (exact) mass is 255 g/mol. The maximum atomic E-state index is 6.06. The Balaban J connectivity index is 2.04. The van der Waals surface area contributed by atoms with Gasteiger partial charge in [0, 0.05) is 6.54 Å². The number of hydrogen-bond donors (Lipinski definition) is 1. The third kappa shape index (κ3) is 2.08. The lowest BCUT2D eigenvalue weighted by molar-refractivity contribution is 0.284. The molecule has 3 nitrogen and oxygen atoms in total. The molecule has 1 aromatic heterocycles. The molecule has 1 atom stereocenters. The highest BCUT2D eigenvalue weighted by molar-refractivity contribution is 5.59. The van der Waals surface area contributed by atoms with Crippen LogP contribution in [0.4, 0.5) is 0 Å². The van der Waals surface area contributed by atoms with Crippen molar-refractivity contribution >= 4 is 0 Å². The van der Waals surface area contributed by atoms with Gasteiger partial charge in [0.1, 0.15) is 0 Å². The van der Waals surface area contributed by atoms with Gasteiger partial charge in [0.2, 0.25) is 0 Å². The summed E-state index contributed by atoms with van der Waals surface area (Å²) in [5, 5.41) is 0. The lowest BCUT2D eigenvalue weighted by Gasteiger charge is -2.32. The molecule has 1 aromatic carbocycles. The van der Waals surface area contributed by atoms with Crippen molar-refractivity contribution in [3.05, 3.63) is 42.4 Å². The van der Waals surface area contributed by atoms with Crippen molar-refractivity contribution in [2.24, 2.45) is 11.7 Å². The van der Waals surface area contributed by atoms with E-state index in [0.717, 1.165) is 0 Å². The zero-order valence-corrected chi connectivity index (χ0v) is 11.6. The molecular weight excluding hydrogens is 234 g/mol. The van der Waals surface area contributed by atoms with E-state index in [1.807, 2.05) is 12.5 Å². The molecule has 2 N–H and O–H groups in total. The van der Waals surface area contributed by atoms with Gasteiger partial charge in [0.05, 0.1) is 23.8 Å². The lowest BCUT2D eigenvalue weighted by atomic mass is 9.94. The Hall–Kier alpha value is -1.61. The number of nitrogens with zero attached hydrogens (tertiary/aromatic N) is 2. The van der Waals surface area contributed by atoms with Crippen LogP contribution in [0, 0.1) is 12.8 Å². The van der Waals surface area contributed by atoms with Crippen LogP contribution < -0.4 is 5.73 Å². The minimum Gasteiger partial charge on any atom is -0.328 e. The van der Waals surface area contributed by atoms with Crippen molar-refractivity contribution in [2.75, 3.05) is 6.54 Å². The van der Waals surface area contributed by atoms with Crippen LogP contribution in [0.25, 0.3) is 11.3 Å². The highest BCUT2D eigenvalue weighted by Crippen LogP contribution is 2.45. The summed E-state index contributed by atoms with van der Waals surface area (Å²) in [6.07, 6.45) is 6.43. The van der Waals surface area contributed by atoms with E-state index >= 15 is 0 Å². The number of aryl methyl sites for hydroxylation is 1. The summed E-state index contributed by atoms with van der Waals surface area (Å²) >= 11 is 0. The molecule has 1 unspecified atom stereocenters. The number of nitrogens with two attached hydrogens (primary N) is 1. The second-order valence-corrected chi connectivity index (χ2v) is 5.85. The predicted molar refractivity (Wildman–Crippen MR) is 77.8 cm³/mol. The van der Waals surface area contributed by atoms with E-state index in [4.69, 9.17) is 5.73 Å². The fourth-order valence-corrected chi connectivity index (χ4v) is 2.81. The van der Waals surface area contributed by atoms with E-state index in [-0.39, 0.29) is 5.54 Å². The van der Waals surface area contributed by atoms with Crippen LogP contribution >= 0.6 is 0 Å². The van der Waals surface area contributed by atoms with Gasteiger partial charge >= 0.3 is 0 Å². The van der Waals surface area contributed by atoms with Gasteiger partial charge in [-0.25, -0.2) is 4.98 Å². The molecule has 0 amide bonds. The molecule has 100 valence electrons. The molecule has 0 spiro atoms. The van der Waals surface area contributed by atoms with Crippen molar-refractivity contribution in [3.63, 3.8) is 0 Å². The van der Waals surface area contributed by atoms with E-state index in [9.17, 15) is 0 Å². The molecule has 0 aliphatic heterocycles. The Labute approximate surface area is 114 Å². The Kier molecular flexibility index (Phi) is 2.94. The topological polar surface area (TPSA) is 43.8 Å². The molecule has 0 saturated heterocycles. The molecule has 1 aliphatic rings. The molecule has 0 radical (unpaired) electrons.